The number of anilines is 1. The third-order valence-electron chi connectivity index (χ3n) is 3.30. The molecule has 0 fully saturated rings. The molecule has 114 valence electrons. The van der Waals surface area contributed by atoms with Gasteiger partial charge in [0.25, 0.3) is 0 Å². The van der Waals surface area contributed by atoms with Gasteiger partial charge in [-0.2, -0.15) is 9.25 Å². The van der Waals surface area contributed by atoms with Crippen LogP contribution in [0.3, 0.4) is 0 Å². The monoisotopic (exact) mass is 361 g/mol. The van der Waals surface area contributed by atoms with Crippen LogP contribution in [0.15, 0.2) is 48.8 Å². The number of benzene rings is 1. The average molecular weight is 362 g/mol. The average Bonchev–Trinajstić information content (AvgIpc) is 2.92. The minimum absolute atomic E-state index is 0. The fourth-order valence-electron chi connectivity index (χ4n) is 2.13. The van der Waals surface area contributed by atoms with Crippen LogP contribution in [0.2, 0.25) is 0 Å². The predicted molar refractivity (Wildman–Crippen MR) is 79.1 cm³/mol. The minimum atomic E-state index is -0.119. The SMILES string of the molecule is CN(C)c1cc[n+](CC(=O)n2nnc3ccccc32)cc1.[Br-]. The second kappa shape index (κ2) is 6.65. The van der Waals surface area contributed by atoms with Gasteiger partial charge in [0.15, 0.2) is 12.4 Å². The van der Waals surface area contributed by atoms with Crippen molar-refractivity contribution in [2.45, 2.75) is 6.54 Å². The molecule has 3 rings (SSSR count). The smallest absolute Gasteiger partial charge is 0.314 e. The van der Waals surface area contributed by atoms with Gasteiger partial charge in [0.05, 0.1) is 5.52 Å². The second-order valence-corrected chi connectivity index (χ2v) is 5.01. The Balaban J connectivity index is 0.00000176. The summed E-state index contributed by atoms with van der Waals surface area (Å²) in [5.74, 6) is -0.119. The zero-order valence-corrected chi connectivity index (χ0v) is 13.9. The highest BCUT2D eigenvalue weighted by atomic mass is 79.9. The molecule has 0 N–H and O–H groups in total. The van der Waals surface area contributed by atoms with Gasteiger partial charge < -0.3 is 21.9 Å². The van der Waals surface area contributed by atoms with Crippen LogP contribution in [0.5, 0.6) is 0 Å². The molecule has 0 spiro atoms. The van der Waals surface area contributed by atoms with Gasteiger partial charge in [-0.25, -0.2) is 0 Å². The first-order valence-corrected chi connectivity index (χ1v) is 6.65. The second-order valence-electron chi connectivity index (χ2n) is 5.01. The molecule has 0 aliphatic heterocycles. The highest BCUT2D eigenvalue weighted by Gasteiger charge is 2.16. The number of halogens is 1. The summed E-state index contributed by atoms with van der Waals surface area (Å²) in [5.41, 5.74) is 2.54. The van der Waals surface area contributed by atoms with Crippen LogP contribution in [-0.4, -0.2) is 35.0 Å². The molecule has 22 heavy (non-hydrogen) atoms. The Labute approximate surface area is 138 Å². The third-order valence-corrected chi connectivity index (χ3v) is 3.30. The van der Waals surface area contributed by atoms with E-state index in [4.69, 9.17) is 0 Å². The zero-order chi connectivity index (χ0) is 14.8. The molecule has 0 saturated carbocycles. The van der Waals surface area contributed by atoms with Gasteiger partial charge in [0.1, 0.15) is 5.52 Å². The summed E-state index contributed by atoms with van der Waals surface area (Å²) >= 11 is 0. The summed E-state index contributed by atoms with van der Waals surface area (Å²) < 4.78 is 3.17. The van der Waals surface area contributed by atoms with Crippen molar-refractivity contribution in [1.82, 2.24) is 15.0 Å². The van der Waals surface area contributed by atoms with E-state index in [0.29, 0.717) is 0 Å². The van der Waals surface area contributed by atoms with E-state index in [1.54, 1.807) is 0 Å². The number of para-hydroxylation sites is 1. The van der Waals surface area contributed by atoms with Crippen LogP contribution in [0, 0.1) is 0 Å². The molecular formula is C15H16BrN5O. The minimum Gasteiger partial charge on any atom is -1.00 e. The molecule has 0 radical (unpaired) electrons. The lowest BCUT2D eigenvalue weighted by Crippen LogP contribution is -3.00. The maximum absolute atomic E-state index is 12.3. The molecule has 0 amide bonds. The van der Waals surface area contributed by atoms with Crippen LogP contribution in [0.4, 0.5) is 5.69 Å². The van der Waals surface area contributed by atoms with Crippen molar-refractivity contribution in [3.8, 4) is 0 Å². The van der Waals surface area contributed by atoms with Gasteiger partial charge in [-0.05, 0) is 12.1 Å². The lowest BCUT2D eigenvalue weighted by molar-refractivity contribution is -0.683. The standard InChI is InChI=1S/C15H16N5O.BrH/c1-18(2)12-7-9-19(10-8-12)11-15(21)20-14-6-4-3-5-13(14)16-17-20;/h3-10H,11H2,1-2H3;1H/q+1;/p-1. The van der Waals surface area contributed by atoms with E-state index < -0.39 is 0 Å². The summed E-state index contributed by atoms with van der Waals surface area (Å²) in [4.78, 5) is 14.3. The molecule has 0 aliphatic rings. The van der Waals surface area contributed by atoms with Crippen molar-refractivity contribution < 1.29 is 26.3 Å². The summed E-state index contributed by atoms with van der Waals surface area (Å²) in [6.45, 7) is 0.223. The Hall–Kier alpha value is -2.28. The van der Waals surface area contributed by atoms with Crippen LogP contribution < -0.4 is 26.4 Å². The molecule has 7 heteroatoms. The third kappa shape index (κ3) is 3.14. The molecule has 6 nitrogen and oxygen atoms in total. The van der Waals surface area contributed by atoms with Crippen molar-refractivity contribution in [2.75, 3.05) is 19.0 Å². The molecule has 0 saturated heterocycles. The summed E-state index contributed by atoms with van der Waals surface area (Å²) in [5, 5.41) is 7.93. The number of carbonyl (C=O) groups excluding carboxylic acids is 1. The molecule has 0 unspecified atom stereocenters. The number of pyridine rings is 1. The van der Waals surface area contributed by atoms with Crippen molar-refractivity contribution in [3.05, 3.63) is 48.8 Å². The maximum atomic E-state index is 12.3. The Bertz CT molecular complexity index is 782. The number of hydrogen-bond acceptors (Lipinski definition) is 4. The predicted octanol–water partition coefficient (Wildman–Crippen LogP) is -1.87. The van der Waals surface area contributed by atoms with E-state index in [-0.39, 0.29) is 29.4 Å². The van der Waals surface area contributed by atoms with Gasteiger partial charge >= 0.3 is 5.91 Å². The Morgan fingerprint density at radius 1 is 1.18 bits per heavy atom. The van der Waals surface area contributed by atoms with Crippen molar-refractivity contribution in [2.24, 2.45) is 0 Å². The molecule has 2 aromatic heterocycles. The maximum Gasteiger partial charge on any atom is 0.314 e. The highest BCUT2D eigenvalue weighted by Crippen LogP contribution is 2.09. The number of nitrogens with zero attached hydrogens (tertiary/aromatic N) is 5. The van der Waals surface area contributed by atoms with Gasteiger partial charge in [0.2, 0.25) is 6.54 Å². The summed E-state index contributed by atoms with van der Waals surface area (Å²) in [6.07, 6.45) is 3.76. The van der Waals surface area contributed by atoms with E-state index in [2.05, 4.69) is 10.3 Å². The number of hydrogen-bond donors (Lipinski definition) is 0. The van der Waals surface area contributed by atoms with Crippen LogP contribution in [0.25, 0.3) is 11.0 Å². The number of aromatic nitrogens is 4. The Morgan fingerprint density at radius 3 is 2.55 bits per heavy atom. The van der Waals surface area contributed by atoms with Gasteiger partial charge in [-0.15, -0.1) is 5.10 Å². The van der Waals surface area contributed by atoms with Crippen molar-refractivity contribution in [1.29, 1.82) is 0 Å². The van der Waals surface area contributed by atoms with E-state index in [1.807, 2.05) is 72.4 Å². The van der Waals surface area contributed by atoms with E-state index in [0.717, 1.165) is 16.7 Å². The van der Waals surface area contributed by atoms with Crippen molar-refractivity contribution in [3.63, 3.8) is 0 Å². The quantitative estimate of drug-likeness (QED) is 0.513. The Kier molecular flexibility index (Phi) is 4.87. The van der Waals surface area contributed by atoms with E-state index >= 15 is 0 Å². The van der Waals surface area contributed by atoms with Crippen LogP contribution in [-0.2, 0) is 6.54 Å². The number of carbonyl (C=O) groups is 1. The summed E-state index contributed by atoms with van der Waals surface area (Å²) in [7, 11) is 3.96. The van der Waals surface area contributed by atoms with E-state index in [1.165, 1.54) is 4.68 Å². The fourth-order valence-corrected chi connectivity index (χ4v) is 2.13. The molecular weight excluding hydrogens is 346 g/mol. The lowest BCUT2D eigenvalue weighted by atomic mass is 10.3. The molecule has 3 aromatic rings. The van der Waals surface area contributed by atoms with Crippen LogP contribution >= 0.6 is 0 Å². The van der Waals surface area contributed by atoms with Crippen molar-refractivity contribution >= 4 is 22.6 Å². The molecule has 0 bridgehead atoms. The summed E-state index contributed by atoms with van der Waals surface area (Å²) in [6, 6.07) is 11.4. The van der Waals surface area contributed by atoms with Gasteiger partial charge in [-0.3, -0.25) is 4.79 Å². The lowest BCUT2D eigenvalue weighted by Gasteiger charge is -2.10. The fraction of sp³-hybridized carbons (Fsp3) is 0.200. The van der Waals surface area contributed by atoms with Crippen LogP contribution in [0.1, 0.15) is 4.79 Å². The zero-order valence-electron chi connectivity index (χ0n) is 12.3. The number of fused-ring (bicyclic) bond motifs is 1. The number of rotatable bonds is 3. The molecule has 0 atom stereocenters. The largest absolute Gasteiger partial charge is 1.00 e. The van der Waals surface area contributed by atoms with E-state index in [9.17, 15) is 4.79 Å². The molecule has 2 heterocycles. The molecule has 1 aromatic carbocycles. The first-order chi connectivity index (χ1) is 10.1. The normalized spacial score (nSPS) is 10.3. The molecule has 0 aliphatic carbocycles. The van der Waals surface area contributed by atoms with Gasteiger partial charge in [-0.1, -0.05) is 17.3 Å². The first kappa shape index (κ1) is 16.1. The topological polar surface area (TPSA) is 54.9 Å². The first-order valence-electron chi connectivity index (χ1n) is 6.65. The highest BCUT2D eigenvalue weighted by molar-refractivity contribution is 5.87. The Morgan fingerprint density at radius 2 is 1.86 bits per heavy atom. The van der Waals surface area contributed by atoms with Gasteiger partial charge in [0, 0.05) is 31.9 Å².